The zero-order valence-corrected chi connectivity index (χ0v) is 14.8. The minimum atomic E-state index is -0.657. The van der Waals surface area contributed by atoms with Crippen molar-refractivity contribution in [1.29, 1.82) is 0 Å². The lowest BCUT2D eigenvalue weighted by Gasteiger charge is -2.18. The van der Waals surface area contributed by atoms with Crippen LogP contribution in [0.15, 0.2) is 18.2 Å². The predicted molar refractivity (Wildman–Crippen MR) is 92.5 cm³/mol. The van der Waals surface area contributed by atoms with Crippen LogP contribution in [0, 0.1) is 11.6 Å². The van der Waals surface area contributed by atoms with E-state index in [2.05, 4.69) is 20.1 Å². The van der Waals surface area contributed by atoms with Gasteiger partial charge in [0.25, 0.3) is 0 Å². The molecule has 1 N–H and O–H groups in total. The number of carbonyl (C=O) groups is 1. The van der Waals surface area contributed by atoms with Crippen molar-refractivity contribution in [2.45, 2.75) is 45.2 Å². The van der Waals surface area contributed by atoms with Gasteiger partial charge in [-0.15, -0.1) is 10.2 Å². The molecule has 0 fully saturated rings. The molecule has 140 valence electrons. The second kappa shape index (κ2) is 8.25. The lowest BCUT2D eigenvalue weighted by atomic mass is 10.2. The topological polar surface area (TPSA) is 63.1 Å². The lowest BCUT2D eigenvalue weighted by Crippen LogP contribution is -2.38. The van der Waals surface area contributed by atoms with E-state index >= 15 is 0 Å². The van der Waals surface area contributed by atoms with E-state index in [4.69, 9.17) is 0 Å². The molecule has 1 aliphatic rings. The fraction of sp³-hybridized carbons (Fsp3) is 0.500. The van der Waals surface area contributed by atoms with Gasteiger partial charge in [0.05, 0.1) is 0 Å². The van der Waals surface area contributed by atoms with Crippen LogP contribution in [0.5, 0.6) is 0 Å². The smallest absolute Gasteiger partial charge is 0.317 e. The monoisotopic (exact) mass is 363 g/mol. The maximum Gasteiger partial charge on any atom is 0.317 e. The molecule has 0 atom stereocenters. The second-order valence-corrected chi connectivity index (χ2v) is 6.57. The Morgan fingerprint density at radius 1 is 1.27 bits per heavy atom. The number of urea groups is 1. The number of nitrogens with zero attached hydrogens (tertiary/aromatic N) is 4. The fourth-order valence-corrected chi connectivity index (χ4v) is 3.12. The number of aryl methyl sites for hydroxylation is 1. The Kier molecular flexibility index (Phi) is 5.80. The van der Waals surface area contributed by atoms with Crippen LogP contribution in [0.2, 0.25) is 0 Å². The van der Waals surface area contributed by atoms with Crippen LogP contribution < -0.4 is 5.32 Å². The van der Waals surface area contributed by atoms with Gasteiger partial charge in [0, 0.05) is 51.2 Å². The van der Waals surface area contributed by atoms with Crippen LogP contribution in [0.25, 0.3) is 0 Å². The number of hydrogen-bond donors (Lipinski definition) is 1. The van der Waals surface area contributed by atoms with E-state index in [0.717, 1.165) is 43.5 Å². The first-order valence-electron chi connectivity index (χ1n) is 8.88. The molecular weight excluding hydrogens is 340 g/mol. The third-order valence-corrected chi connectivity index (χ3v) is 4.58. The Morgan fingerprint density at radius 2 is 2.12 bits per heavy atom. The summed E-state index contributed by atoms with van der Waals surface area (Å²) in [5, 5.41) is 11.3. The molecule has 3 rings (SSSR count). The van der Waals surface area contributed by atoms with Gasteiger partial charge in [-0.3, -0.25) is 0 Å². The first kappa shape index (κ1) is 18.3. The van der Waals surface area contributed by atoms with E-state index in [-0.39, 0.29) is 18.1 Å². The summed E-state index contributed by atoms with van der Waals surface area (Å²) in [5.74, 6) is 0.615. The highest BCUT2D eigenvalue weighted by Gasteiger charge is 2.16. The molecular formula is C18H23F2N5O. The summed E-state index contributed by atoms with van der Waals surface area (Å²) in [7, 11) is 1.57. The molecule has 0 radical (unpaired) electrons. The number of rotatable bonds is 5. The van der Waals surface area contributed by atoms with Crippen LogP contribution in [-0.4, -0.2) is 39.3 Å². The van der Waals surface area contributed by atoms with Gasteiger partial charge in [0.2, 0.25) is 0 Å². The summed E-state index contributed by atoms with van der Waals surface area (Å²) in [6, 6.07) is 3.03. The molecule has 0 spiro atoms. The standard InChI is InChI=1S/C18H23F2N5O/c1-24(12-13-6-7-14(19)11-15(13)20)18(26)21-9-8-17-23-22-16-5-3-2-4-10-25(16)17/h6-7,11H,2-5,8-10,12H2,1H3,(H,21,26). The molecule has 8 heteroatoms. The van der Waals surface area contributed by atoms with Crippen LogP contribution in [0.1, 0.15) is 36.5 Å². The van der Waals surface area contributed by atoms with Gasteiger partial charge in [0.1, 0.15) is 23.3 Å². The van der Waals surface area contributed by atoms with Gasteiger partial charge in [-0.1, -0.05) is 12.5 Å². The number of nitrogens with one attached hydrogen (secondary N) is 1. The van der Waals surface area contributed by atoms with Crippen molar-refractivity contribution in [2.24, 2.45) is 0 Å². The molecule has 0 bridgehead atoms. The zero-order valence-electron chi connectivity index (χ0n) is 14.8. The number of halogens is 2. The van der Waals surface area contributed by atoms with Crippen molar-refractivity contribution in [3.05, 3.63) is 47.0 Å². The molecule has 1 aromatic carbocycles. The van der Waals surface area contributed by atoms with Gasteiger partial charge in [0.15, 0.2) is 0 Å². The van der Waals surface area contributed by atoms with E-state index in [1.807, 2.05) is 0 Å². The van der Waals surface area contributed by atoms with E-state index in [9.17, 15) is 13.6 Å². The summed E-state index contributed by atoms with van der Waals surface area (Å²) < 4.78 is 28.8. The summed E-state index contributed by atoms with van der Waals surface area (Å²) in [4.78, 5) is 13.5. The van der Waals surface area contributed by atoms with Gasteiger partial charge in [-0.2, -0.15) is 0 Å². The largest absolute Gasteiger partial charge is 0.338 e. The highest BCUT2D eigenvalue weighted by molar-refractivity contribution is 5.73. The van der Waals surface area contributed by atoms with Crippen molar-refractivity contribution in [3.63, 3.8) is 0 Å². The van der Waals surface area contributed by atoms with Gasteiger partial charge < -0.3 is 14.8 Å². The molecule has 0 unspecified atom stereocenters. The SMILES string of the molecule is CN(Cc1ccc(F)cc1F)C(=O)NCCc1nnc2n1CCCCC2. The molecule has 2 heterocycles. The van der Waals surface area contributed by atoms with Crippen LogP contribution >= 0.6 is 0 Å². The number of amides is 2. The lowest BCUT2D eigenvalue weighted by molar-refractivity contribution is 0.206. The number of benzene rings is 1. The Hall–Kier alpha value is -2.51. The Balaban J connectivity index is 1.50. The second-order valence-electron chi connectivity index (χ2n) is 6.57. The highest BCUT2D eigenvalue weighted by Crippen LogP contribution is 2.15. The zero-order chi connectivity index (χ0) is 18.5. The fourth-order valence-electron chi connectivity index (χ4n) is 3.12. The van der Waals surface area contributed by atoms with Crippen molar-refractivity contribution in [2.75, 3.05) is 13.6 Å². The number of hydrogen-bond acceptors (Lipinski definition) is 3. The Labute approximate surface area is 151 Å². The summed E-state index contributed by atoms with van der Waals surface area (Å²) in [6.07, 6.45) is 5.00. The molecule has 0 saturated carbocycles. The minimum Gasteiger partial charge on any atom is -0.338 e. The third kappa shape index (κ3) is 4.36. The minimum absolute atomic E-state index is 0.0677. The number of fused-ring (bicyclic) bond motifs is 1. The van der Waals surface area contributed by atoms with Gasteiger partial charge in [-0.05, 0) is 18.9 Å². The molecule has 0 aliphatic carbocycles. The van der Waals surface area contributed by atoms with E-state index in [1.165, 1.54) is 23.5 Å². The number of carbonyl (C=O) groups excluding carboxylic acids is 1. The summed E-state index contributed by atoms with van der Waals surface area (Å²) in [5.41, 5.74) is 0.270. The molecule has 26 heavy (non-hydrogen) atoms. The highest BCUT2D eigenvalue weighted by atomic mass is 19.1. The van der Waals surface area contributed by atoms with Crippen LogP contribution in [0.4, 0.5) is 13.6 Å². The normalized spacial score (nSPS) is 13.8. The van der Waals surface area contributed by atoms with Crippen molar-refractivity contribution < 1.29 is 13.6 Å². The quantitative estimate of drug-likeness (QED) is 0.888. The average Bonchev–Trinajstić information content (AvgIpc) is 2.84. The van der Waals surface area contributed by atoms with Crippen molar-refractivity contribution in [1.82, 2.24) is 25.0 Å². The van der Waals surface area contributed by atoms with E-state index < -0.39 is 11.6 Å². The summed E-state index contributed by atoms with van der Waals surface area (Å²) >= 11 is 0. The van der Waals surface area contributed by atoms with Crippen molar-refractivity contribution >= 4 is 6.03 Å². The average molecular weight is 363 g/mol. The number of aromatic nitrogens is 3. The third-order valence-electron chi connectivity index (χ3n) is 4.58. The molecule has 1 aromatic heterocycles. The first-order chi connectivity index (χ1) is 12.5. The van der Waals surface area contributed by atoms with Gasteiger partial charge in [-0.25, -0.2) is 13.6 Å². The Bertz CT molecular complexity index is 777. The van der Waals surface area contributed by atoms with Crippen LogP contribution in [0.3, 0.4) is 0 Å². The van der Waals surface area contributed by atoms with E-state index in [0.29, 0.717) is 13.0 Å². The molecule has 2 amide bonds. The van der Waals surface area contributed by atoms with Crippen molar-refractivity contribution in [3.8, 4) is 0 Å². The molecule has 6 nitrogen and oxygen atoms in total. The molecule has 0 saturated heterocycles. The van der Waals surface area contributed by atoms with Gasteiger partial charge >= 0.3 is 6.03 Å². The first-order valence-corrected chi connectivity index (χ1v) is 8.88. The van der Waals surface area contributed by atoms with Crippen LogP contribution in [-0.2, 0) is 25.9 Å². The molecule has 1 aliphatic heterocycles. The maximum atomic E-state index is 13.7. The summed E-state index contributed by atoms with van der Waals surface area (Å²) in [6.45, 7) is 1.42. The predicted octanol–water partition coefficient (Wildman–Crippen LogP) is 2.67. The van der Waals surface area contributed by atoms with E-state index in [1.54, 1.807) is 7.05 Å². The molecule has 2 aromatic rings. The maximum absolute atomic E-state index is 13.7. The Morgan fingerprint density at radius 3 is 2.92 bits per heavy atom.